The molecular formula is C17H24F2N2O3. The van der Waals surface area contributed by atoms with Gasteiger partial charge in [0.1, 0.15) is 5.75 Å². The summed E-state index contributed by atoms with van der Waals surface area (Å²) in [6.45, 7) is 3.30. The summed E-state index contributed by atoms with van der Waals surface area (Å²) in [6.07, 6.45) is 0.790. The molecule has 24 heavy (non-hydrogen) atoms. The Bertz CT molecular complexity index is 540. The van der Waals surface area contributed by atoms with E-state index in [2.05, 4.69) is 15.4 Å². The molecule has 2 N–H and O–H groups in total. The molecule has 5 nitrogen and oxygen atoms in total. The average molecular weight is 342 g/mol. The van der Waals surface area contributed by atoms with E-state index in [1.807, 2.05) is 0 Å². The van der Waals surface area contributed by atoms with E-state index >= 15 is 0 Å². The van der Waals surface area contributed by atoms with Crippen molar-refractivity contribution in [2.75, 3.05) is 13.1 Å². The Morgan fingerprint density at radius 1 is 1.08 bits per heavy atom. The predicted molar refractivity (Wildman–Crippen MR) is 86.9 cm³/mol. The van der Waals surface area contributed by atoms with Gasteiger partial charge in [0.25, 0.3) is 0 Å². The van der Waals surface area contributed by atoms with E-state index in [1.54, 1.807) is 32.9 Å². The lowest BCUT2D eigenvalue weighted by Gasteiger charge is -2.17. The molecule has 0 aliphatic carbocycles. The topological polar surface area (TPSA) is 67.4 Å². The molecule has 1 rings (SSSR count). The first-order chi connectivity index (χ1) is 11.2. The van der Waals surface area contributed by atoms with Crippen molar-refractivity contribution >= 4 is 11.8 Å². The highest BCUT2D eigenvalue weighted by molar-refractivity contribution is 5.82. The van der Waals surface area contributed by atoms with Gasteiger partial charge in [-0.1, -0.05) is 32.9 Å². The van der Waals surface area contributed by atoms with Gasteiger partial charge < -0.3 is 15.4 Å². The predicted octanol–water partition coefficient (Wildman–Crippen LogP) is 2.50. The Balaban J connectivity index is 2.22. The van der Waals surface area contributed by atoms with Gasteiger partial charge in [0, 0.05) is 24.9 Å². The standard InChI is InChI=1S/C17H24F2N2O3/c1-17(2,3)15(23)21-11-9-14(22)20-10-8-12-4-6-13(7-5-12)24-16(18)19/h4-7,16H,8-11H2,1-3H3,(H,20,22)(H,21,23). The van der Waals surface area contributed by atoms with Crippen molar-refractivity contribution in [2.24, 2.45) is 5.41 Å². The van der Waals surface area contributed by atoms with Crippen LogP contribution in [0.1, 0.15) is 32.8 Å². The maximum absolute atomic E-state index is 12.0. The zero-order chi connectivity index (χ0) is 18.2. The number of carbonyl (C=O) groups excluding carboxylic acids is 2. The smallest absolute Gasteiger partial charge is 0.387 e. The quantitative estimate of drug-likeness (QED) is 0.763. The minimum Gasteiger partial charge on any atom is -0.435 e. The molecule has 1 aromatic rings. The second-order valence-electron chi connectivity index (χ2n) is 6.38. The fraction of sp³-hybridized carbons (Fsp3) is 0.529. The van der Waals surface area contributed by atoms with Gasteiger partial charge in [0.05, 0.1) is 0 Å². The van der Waals surface area contributed by atoms with E-state index in [4.69, 9.17) is 0 Å². The van der Waals surface area contributed by atoms with E-state index in [1.165, 1.54) is 12.1 Å². The largest absolute Gasteiger partial charge is 0.435 e. The maximum Gasteiger partial charge on any atom is 0.387 e. The fourth-order valence-electron chi connectivity index (χ4n) is 1.83. The second kappa shape index (κ2) is 9.20. The molecule has 0 radical (unpaired) electrons. The van der Waals surface area contributed by atoms with Crippen LogP contribution in [0.5, 0.6) is 5.75 Å². The lowest BCUT2D eigenvalue weighted by molar-refractivity contribution is -0.128. The Morgan fingerprint density at radius 3 is 2.25 bits per heavy atom. The third-order valence-electron chi connectivity index (χ3n) is 3.20. The van der Waals surface area contributed by atoms with Crippen LogP contribution < -0.4 is 15.4 Å². The van der Waals surface area contributed by atoms with Crippen molar-refractivity contribution < 1.29 is 23.1 Å². The molecule has 0 bridgehead atoms. The van der Waals surface area contributed by atoms with Gasteiger partial charge in [0.15, 0.2) is 0 Å². The van der Waals surface area contributed by atoms with Gasteiger partial charge in [0.2, 0.25) is 11.8 Å². The second-order valence-corrected chi connectivity index (χ2v) is 6.38. The molecule has 0 atom stereocenters. The van der Waals surface area contributed by atoms with Crippen LogP contribution >= 0.6 is 0 Å². The fourth-order valence-corrected chi connectivity index (χ4v) is 1.83. The molecular weight excluding hydrogens is 318 g/mol. The van der Waals surface area contributed by atoms with Crippen LogP contribution in [0.4, 0.5) is 8.78 Å². The van der Waals surface area contributed by atoms with Crippen molar-refractivity contribution in [1.29, 1.82) is 0 Å². The summed E-state index contributed by atoms with van der Waals surface area (Å²) in [5.41, 5.74) is 0.425. The molecule has 0 fully saturated rings. The summed E-state index contributed by atoms with van der Waals surface area (Å²) in [5, 5.41) is 5.46. The number of carbonyl (C=O) groups is 2. The summed E-state index contributed by atoms with van der Waals surface area (Å²) in [4.78, 5) is 23.3. The number of hydrogen-bond donors (Lipinski definition) is 2. The number of amides is 2. The molecule has 0 saturated heterocycles. The lowest BCUT2D eigenvalue weighted by Crippen LogP contribution is -2.37. The Hall–Kier alpha value is -2.18. The summed E-state index contributed by atoms with van der Waals surface area (Å²) >= 11 is 0. The van der Waals surface area contributed by atoms with E-state index in [0.29, 0.717) is 19.5 Å². The van der Waals surface area contributed by atoms with Gasteiger partial charge in [-0.2, -0.15) is 8.78 Å². The van der Waals surface area contributed by atoms with Crippen molar-refractivity contribution in [3.63, 3.8) is 0 Å². The highest BCUT2D eigenvalue weighted by Gasteiger charge is 2.20. The van der Waals surface area contributed by atoms with Crippen molar-refractivity contribution in [1.82, 2.24) is 10.6 Å². The third kappa shape index (κ3) is 7.89. The van der Waals surface area contributed by atoms with Crippen molar-refractivity contribution in [3.05, 3.63) is 29.8 Å². The first kappa shape index (κ1) is 19.9. The van der Waals surface area contributed by atoms with Crippen LogP contribution in [0.3, 0.4) is 0 Å². The third-order valence-corrected chi connectivity index (χ3v) is 3.20. The molecule has 0 saturated carbocycles. The summed E-state index contributed by atoms with van der Waals surface area (Å²) in [5.74, 6) is -0.143. The first-order valence-electron chi connectivity index (χ1n) is 7.77. The molecule has 0 aliphatic heterocycles. The molecule has 2 amide bonds. The number of halogens is 2. The van der Waals surface area contributed by atoms with Crippen LogP contribution in [-0.2, 0) is 16.0 Å². The number of nitrogens with one attached hydrogen (secondary N) is 2. The lowest BCUT2D eigenvalue weighted by atomic mass is 9.96. The van der Waals surface area contributed by atoms with Gasteiger partial charge in [-0.15, -0.1) is 0 Å². The van der Waals surface area contributed by atoms with Crippen LogP contribution in [0, 0.1) is 5.41 Å². The van der Waals surface area contributed by atoms with Gasteiger partial charge in [-0.25, -0.2) is 0 Å². The minimum atomic E-state index is -2.84. The highest BCUT2D eigenvalue weighted by atomic mass is 19.3. The molecule has 7 heteroatoms. The van der Waals surface area contributed by atoms with Crippen molar-refractivity contribution in [2.45, 2.75) is 40.2 Å². The van der Waals surface area contributed by atoms with E-state index < -0.39 is 12.0 Å². The summed E-state index contributed by atoms with van der Waals surface area (Å²) in [6, 6.07) is 6.28. The number of alkyl halides is 2. The van der Waals surface area contributed by atoms with Gasteiger partial charge in [-0.05, 0) is 24.1 Å². The van der Waals surface area contributed by atoms with Gasteiger partial charge >= 0.3 is 6.61 Å². The zero-order valence-electron chi connectivity index (χ0n) is 14.2. The molecule has 0 heterocycles. The first-order valence-corrected chi connectivity index (χ1v) is 7.77. The summed E-state index contributed by atoms with van der Waals surface area (Å²) < 4.78 is 28.3. The van der Waals surface area contributed by atoms with Gasteiger partial charge in [-0.3, -0.25) is 9.59 Å². The molecule has 0 aromatic heterocycles. The monoisotopic (exact) mass is 342 g/mol. The molecule has 134 valence electrons. The van der Waals surface area contributed by atoms with Crippen LogP contribution in [0.15, 0.2) is 24.3 Å². The highest BCUT2D eigenvalue weighted by Crippen LogP contribution is 2.15. The molecule has 0 spiro atoms. The van der Waals surface area contributed by atoms with E-state index in [0.717, 1.165) is 5.56 Å². The minimum absolute atomic E-state index is 0.0959. The molecule has 1 aromatic carbocycles. The maximum atomic E-state index is 12.0. The van der Waals surface area contributed by atoms with Crippen LogP contribution in [0.25, 0.3) is 0 Å². The Labute approximate surface area is 140 Å². The molecule has 0 aliphatic rings. The normalized spacial score (nSPS) is 11.2. The number of benzene rings is 1. The zero-order valence-corrected chi connectivity index (χ0v) is 14.2. The van der Waals surface area contributed by atoms with E-state index in [9.17, 15) is 18.4 Å². The van der Waals surface area contributed by atoms with Crippen LogP contribution in [0.2, 0.25) is 0 Å². The number of rotatable bonds is 8. The van der Waals surface area contributed by atoms with Crippen LogP contribution in [-0.4, -0.2) is 31.5 Å². The van der Waals surface area contributed by atoms with E-state index in [-0.39, 0.29) is 24.0 Å². The Kier molecular flexibility index (Phi) is 7.61. The average Bonchev–Trinajstić information content (AvgIpc) is 2.47. The number of ether oxygens (including phenoxy) is 1. The molecule has 0 unspecified atom stereocenters. The summed E-state index contributed by atoms with van der Waals surface area (Å²) in [7, 11) is 0. The Morgan fingerprint density at radius 2 is 1.71 bits per heavy atom. The van der Waals surface area contributed by atoms with Crippen molar-refractivity contribution in [3.8, 4) is 5.75 Å². The SMILES string of the molecule is CC(C)(C)C(=O)NCCC(=O)NCCc1ccc(OC(F)F)cc1. The number of hydrogen-bond acceptors (Lipinski definition) is 3.